The number of unbranched alkanes of at least 4 members (excludes halogenated alkanes) is 2. The van der Waals surface area contributed by atoms with E-state index in [0.29, 0.717) is 0 Å². The molecular formula is C37H62O6Si. The molecule has 4 rings (SSSR count). The van der Waals surface area contributed by atoms with Crippen molar-refractivity contribution in [1.82, 2.24) is 0 Å². The zero-order valence-corrected chi connectivity index (χ0v) is 29.6. The summed E-state index contributed by atoms with van der Waals surface area (Å²) < 4.78 is 31.9. The van der Waals surface area contributed by atoms with Crippen molar-refractivity contribution in [2.75, 3.05) is 19.8 Å². The average Bonchev–Trinajstić information content (AvgIpc) is 3.31. The molecule has 1 aromatic rings. The molecule has 3 fully saturated rings. The van der Waals surface area contributed by atoms with Gasteiger partial charge >= 0.3 is 0 Å². The standard InChI is InChI=1S/C37H62O6Si/c1-7-8-9-16-30(41-35-18-10-12-22-39-35)20-21-32-33(29(27-38)26-34(32)42-36-19-11-13-23-40-36)25-28-15-14-17-31(24-28)43-44(5,6)37(2,3)4/h14-15,17,20-21,24,29-30,32-36,38H,7-13,16,18-19,22-23,25-27H2,1-6H3/b21-20+/t29-,30?,32-,33+,34-,35?,36?/m1/s1. The zero-order chi connectivity index (χ0) is 31.6. The second-order valence-electron chi connectivity index (χ2n) is 15.0. The topological polar surface area (TPSA) is 66.4 Å². The van der Waals surface area contributed by atoms with Gasteiger partial charge < -0.3 is 28.5 Å². The lowest BCUT2D eigenvalue weighted by Crippen LogP contribution is -2.43. The maximum atomic E-state index is 10.6. The highest BCUT2D eigenvalue weighted by Crippen LogP contribution is 2.44. The summed E-state index contributed by atoms with van der Waals surface area (Å²) in [5.74, 6) is 1.52. The largest absolute Gasteiger partial charge is 0.543 e. The molecule has 2 saturated heterocycles. The van der Waals surface area contributed by atoms with E-state index in [1.54, 1.807) is 0 Å². The van der Waals surface area contributed by atoms with E-state index < -0.39 is 8.32 Å². The monoisotopic (exact) mass is 630 g/mol. The van der Waals surface area contributed by atoms with Crippen molar-refractivity contribution < 1.29 is 28.5 Å². The minimum atomic E-state index is -1.95. The first-order valence-electron chi connectivity index (χ1n) is 17.7. The summed E-state index contributed by atoms with van der Waals surface area (Å²) in [4.78, 5) is 0. The van der Waals surface area contributed by atoms with Gasteiger partial charge in [-0.2, -0.15) is 0 Å². The van der Waals surface area contributed by atoms with Crippen molar-refractivity contribution in [2.45, 2.75) is 148 Å². The summed E-state index contributed by atoms with van der Waals surface area (Å²) in [6, 6.07) is 8.66. The van der Waals surface area contributed by atoms with Crippen molar-refractivity contribution in [3.8, 4) is 5.75 Å². The van der Waals surface area contributed by atoms with Crippen LogP contribution in [0.5, 0.6) is 5.75 Å². The van der Waals surface area contributed by atoms with Crippen molar-refractivity contribution in [1.29, 1.82) is 0 Å². The highest BCUT2D eigenvalue weighted by Gasteiger charge is 2.44. The van der Waals surface area contributed by atoms with E-state index in [1.807, 2.05) is 0 Å². The van der Waals surface area contributed by atoms with Crippen LogP contribution in [0.15, 0.2) is 36.4 Å². The van der Waals surface area contributed by atoms with E-state index in [0.717, 1.165) is 83.2 Å². The summed E-state index contributed by atoms with van der Waals surface area (Å²) in [5, 5.41) is 10.8. The third-order valence-corrected chi connectivity index (χ3v) is 14.8. The SMILES string of the molecule is CCCCCC(/C=C/[C@@H]1[C@@H](Cc2cccc(O[Si](C)(C)C(C)(C)C)c2)[C@@H](CO)C[C@H]1OC1CCCCO1)OC1CCCCO1. The summed E-state index contributed by atoms with van der Waals surface area (Å²) >= 11 is 0. The molecule has 7 heteroatoms. The van der Waals surface area contributed by atoms with Crippen LogP contribution in [0.4, 0.5) is 0 Å². The molecule has 0 bridgehead atoms. The third-order valence-electron chi connectivity index (χ3n) is 10.4. The molecule has 0 aromatic heterocycles. The predicted molar refractivity (Wildman–Crippen MR) is 180 cm³/mol. The summed E-state index contributed by atoms with van der Waals surface area (Å²) in [5.41, 5.74) is 1.25. The van der Waals surface area contributed by atoms with E-state index in [2.05, 4.69) is 77.2 Å². The molecule has 1 N–H and O–H groups in total. The molecule has 0 radical (unpaired) electrons. The number of benzene rings is 1. The first-order chi connectivity index (χ1) is 21.1. The van der Waals surface area contributed by atoms with Crippen LogP contribution in [0, 0.1) is 17.8 Å². The van der Waals surface area contributed by atoms with Crippen molar-refractivity contribution in [3.63, 3.8) is 0 Å². The Balaban J connectivity index is 1.56. The van der Waals surface area contributed by atoms with Crippen LogP contribution in [-0.4, -0.2) is 58.0 Å². The Hall–Kier alpha value is -1.22. The molecule has 250 valence electrons. The molecule has 7 atom stereocenters. The molecule has 1 saturated carbocycles. The molecule has 3 aliphatic rings. The van der Waals surface area contributed by atoms with Crippen molar-refractivity contribution in [2.24, 2.45) is 17.8 Å². The minimum absolute atomic E-state index is 0.00499. The number of rotatable bonds is 15. The Morgan fingerprint density at radius 2 is 1.75 bits per heavy atom. The zero-order valence-electron chi connectivity index (χ0n) is 28.6. The van der Waals surface area contributed by atoms with Crippen molar-refractivity contribution >= 4 is 8.32 Å². The molecular weight excluding hydrogens is 568 g/mol. The van der Waals surface area contributed by atoms with Crippen molar-refractivity contribution in [3.05, 3.63) is 42.0 Å². The number of ether oxygens (including phenoxy) is 4. The maximum absolute atomic E-state index is 10.6. The predicted octanol–water partition coefficient (Wildman–Crippen LogP) is 8.82. The van der Waals surface area contributed by atoms with E-state index in [4.69, 9.17) is 23.4 Å². The van der Waals surface area contributed by atoms with Gasteiger partial charge in [0, 0.05) is 25.7 Å². The van der Waals surface area contributed by atoms with Crippen LogP contribution < -0.4 is 4.43 Å². The molecule has 44 heavy (non-hydrogen) atoms. The lowest BCUT2D eigenvalue weighted by atomic mass is 9.83. The number of aliphatic hydroxyl groups is 1. The number of hydrogen-bond acceptors (Lipinski definition) is 6. The van der Waals surface area contributed by atoms with Gasteiger partial charge in [-0.05, 0) is 105 Å². The Bertz CT molecular complexity index is 994. The first kappa shape index (κ1) is 35.6. The molecule has 1 aromatic carbocycles. The Labute approximate surface area is 269 Å². The molecule has 0 spiro atoms. The summed E-state index contributed by atoms with van der Waals surface area (Å²) in [6.45, 7) is 15.4. The number of aliphatic hydroxyl groups excluding tert-OH is 1. The Morgan fingerprint density at radius 1 is 1.02 bits per heavy atom. The maximum Gasteiger partial charge on any atom is 0.250 e. The number of hydrogen-bond donors (Lipinski definition) is 1. The van der Waals surface area contributed by atoms with E-state index in [1.165, 1.54) is 18.4 Å². The molecule has 3 unspecified atom stereocenters. The van der Waals surface area contributed by atoms with Gasteiger partial charge in [-0.3, -0.25) is 0 Å². The Morgan fingerprint density at radius 3 is 2.39 bits per heavy atom. The highest BCUT2D eigenvalue weighted by atomic mass is 28.4. The smallest absolute Gasteiger partial charge is 0.250 e. The van der Waals surface area contributed by atoms with Gasteiger partial charge in [-0.1, -0.05) is 71.2 Å². The van der Waals surface area contributed by atoms with E-state index in [9.17, 15) is 5.11 Å². The van der Waals surface area contributed by atoms with Crippen LogP contribution in [0.25, 0.3) is 0 Å². The second-order valence-corrected chi connectivity index (χ2v) is 19.7. The quantitative estimate of drug-likeness (QED) is 0.119. The lowest BCUT2D eigenvalue weighted by molar-refractivity contribution is -0.193. The van der Waals surface area contributed by atoms with Gasteiger partial charge in [-0.25, -0.2) is 0 Å². The van der Waals surface area contributed by atoms with Gasteiger partial charge in [0.25, 0.3) is 0 Å². The normalized spacial score (nSPS) is 29.2. The molecule has 6 nitrogen and oxygen atoms in total. The van der Waals surface area contributed by atoms with E-state index in [-0.39, 0.29) is 54.2 Å². The fraction of sp³-hybridized carbons (Fsp3) is 0.784. The fourth-order valence-electron chi connectivity index (χ4n) is 6.69. The van der Waals surface area contributed by atoms with Gasteiger partial charge in [0.15, 0.2) is 12.6 Å². The van der Waals surface area contributed by atoms with Gasteiger partial charge in [0.1, 0.15) is 5.75 Å². The van der Waals surface area contributed by atoms with Crippen LogP contribution >= 0.6 is 0 Å². The van der Waals surface area contributed by atoms with Crippen LogP contribution in [-0.2, 0) is 25.4 Å². The minimum Gasteiger partial charge on any atom is -0.543 e. The van der Waals surface area contributed by atoms with Gasteiger partial charge in [0.2, 0.25) is 8.32 Å². The van der Waals surface area contributed by atoms with Crippen LogP contribution in [0.3, 0.4) is 0 Å². The van der Waals surface area contributed by atoms with E-state index >= 15 is 0 Å². The van der Waals surface area contributed by atoms with Crippen LogP contribution in [0.2, 0.25) is 18.1 Å². The van der Waals surface area contributed by atoms with Crippen LogP contribution in [0.1, 0.15) is 104 Å². The molecule has 0 amide bonds. The average molecular weight is 631 g/mol. The summed E-state index contributed by atoms with van der Waals surface area (Å²) in [7, 11) is -1.95. The lowest BCUT2D eigenvalue weighted by Gasteiger charge is -2.36. The molecule has 1 aliphatic carbocycles. The molecule has 2 heterocycles. The first-order valence-corrected chi connectivity index (χ1v) is 20.6. The second kappa shape index (κ2) is 17.1. The fourth-order valence-corrected chi connectivity index (χ4v) is 7.71. The van der Waals surface area contributed by atoms with Gasteiger partial charge in [-0.15, -0.1) is 0 Å². The highest BCUT2D eigenvalue weighted by molar-refractivity contribution is 6.74. The third kappa shape index (κ3) is 10.4. The summed E-state index contributed by atoms with van der Waals surface area (Å²) in [6.07, 6.45) is 17.1. The Kier molecular flexibility index (Phi) is 13.8. The molecule has 2 aliphatic heterocycles. The van der Waals surface area contributed by atoms with Gasteiger partial charge in [0.05, 0.1) is 12.2 Å².